The van der Waals surface area contributed by atoms with Crippen LogP contribution in [-0.4, -0.2) is 72.7 Å². The molecule has 0 radical (unpaired) electrons. The highest BCUT2D eigenvalue weighted by Crippen LogP contribution is 2.48. The number of rotatable bonds is 10. The van der Waals surface area contributed by atoms with E-state index in [2.05, 4.69) is 5.16 Å². The van der Waals surface area contributed by atoms with Gasteiger partial charge in [-0.3, -0.25) is 35.1 Å². The molecule has 60 heavy (non-hydrogen) atoms. The molecule has 1 atom stereocenters. The number of hydrogen-bond donors (Lipinski definition) is 1. The van der Waals surface area contributed by atoms with Crippen molar-refractivity contribution < 1.29 is 43.8 Å². The Morgan fingerprint density at radius 1 is 1.00 bits per heavy atom. The lowest BCUT2D eigenvalue weighted by Gasteiger charge is -2.35. The number of hydrogen-bond acceptors (Lipinski definition) is 16. The fraction of sp³-hybridized carbons (Fsp3) is 0.256. The highest BCUT2D eigenvalue weighted by molar-refractivity contribution is 6.26. The summed E-state index contributed by atoms with van der Waals surface area (Å²) in [5.41, 5.74) is -1.56. The molecular weight excluding hydrogens is 810 g/mol. The van der Waals surface area contributed by atoms with Crippen LogP contribution in [0.15, 0.2) is 58.5 Å². The number of aryl methyl sites for hydroxylation is 1. The SMILES string of the molecule is CC[C@@]1(OC(=O)CO/N=C2/c3cc([N+](=O)[O-])cc(C)c3-c3c2cc([N+](=O)[O-])cc3[N+](=O)[O-])C(=O)OCc2c1cc1n(c2=O)Cc2cc3c(CN(C)C)c(O)ccc3nc2-1.Cl. The lowest BCUT2D eigenvalue weighted by Crippen LogP contribution is -2.48. The molecule has 308 valence electrons. The Labute approximate surface area is 343 Å². The van der Waals surface area contributed by atoms with Crippen molar-refractivity contribution >= 4 is 58.0 Å². The van der Waals surface area contributed by atoms with Crippen LogP contribution in [0.5, 0.6) is 5.75 Å². The van der Waals surface area contributed by atoms with Gasteiger partial charge >= 0.3 is 11.9 Å². The molecule has 1 N–H and O–H groups in total. The maximum atomic E-state index is 14.1. The largest absolute Gasteiger partial charge is 0.508 e. The summed E-state index contributed by atoms with van der Waals surface area (Å²) in [5.74, 6) is -2.01. The van der Waals surface area contributed by atoms with E-state index in [0.717, 1.165) is 18.2 Å². The van der Waals surface area contributed by atoms with E-state index in [0.29, 0.717) is 40.0 Å². The van der Waals surface area contributed by atoms with Crippen molar-refractivity contribution in [3.63, 3.8) is 0 Å². The zero-order valence-corrected chi connectivity index (χ0v) is 32.9. The Kier molecular flexibility index (Phi) is 10.1. The van der Waals surface area contributed by atoms with Crippen molar-refractivity contribution in [1.82, 2.24) is 14.5 Å². The van der Waals surface area contributed by atoms with Crippen LogP contribution in [0, 0.1) is 37.3 Å². The molecule has 0 spiro atoms. The minimum atomic E-state index is -2.12. The number of fused-ring (bicyclic) bond motifs is 8. The highest BCUT2D eigenvalue weighted by Gasteiger charge is 2.50. The van der Waals surface area contributed by atoms with Crippen LogP contribution < -0.4 is 5.56 Å². The summed E-state index contributed by atoms with van der Waals surface area (Å²) >= 11 is 0. The van der Waals surface area contributed by atoms with E-state index < -0.39 is 68.1 Å². The monoisotopic (exact) mass is 841 g/mol. The molecule has 2 aromatic heterocycles. The van der Waals surface area contributed by atoms with Gasteiger partial charge in [-0.1, -0.05) is 12.1 Å². The molecule has 0 amide bonds. The quantitative estimate of drug-likeness (QED) is 0.104. The number of non-ortho nitro benzene ring substituents is 2. The molecule has 5 aromatic rings. The number of nitrogens with zero attached hydrogens (tertiary/aromatic N) is 7. The third-order valence-corrected chi connectivity index (χ3v) is 10.6. The zero-order chi connectivity index (χ0) is 42.2. The van der Waals surface area contributed by atoms with E-state index in [9.17, 15) is 49.8 Å². The predicted molar refractivity (Wildman–Crippen MR) is 213 cm³/mol. The molecule has 3 aromatic carbocycles. The number of nitro benzene ring substituents is 3. The highest BCUT2D eigenvalue weighted by atomic mass is 35.5. The lowest BCUT2D eigenvalue weighted by molar-refractivity contribution is -0.393. The molecule has 8 rings (SSSR count). The summed E-state index contributed by atoms with van der Waals surface area (Å²) in [6.07, 6.45) is -0.176. The number of carbonyl (C=O) groups is 2. The Bertz CT molecular complexity index is 2870. The first kappa shape index (κ1) is 40.9. The van der Waals surface area contributed by atoms with Gasteiger partial charge in [0.05, 0.1) is 55.4 Å². The molecule has 0 saturated heterocycles. The summed E-state index contributed by atoms with van der Waals surface area (Å²) in [6, 6.07) is 10.7. The summed E-state index contributed by atoms with van der Waals surface area (Å²) in [6.45, 7) is 2.21. The summed E-state index contributed by atoms with van der Waals surface area (Å²) in [5, 5.41) is 51.0. The van der Waals surface area contributed by atoms with Crippen LogP contribution in [0.1, 0.15) is 52.3 Å². The second kappa shape index (κ2) is 14.8. The van der Waals surface area contributed by atoms with Gasteiger partial charge < -0.3 is 28.9 Å². The molecule has 0 bridgehead atoms. The number of oxime groups is 1. The van der Waals surface area contributed by atoms with Gasteiger partial charge in [0, 0.05) is 63.5 Å². The predicted octanol–water partition coefficient (Wildman–Crippen LogP) is 5.30. The molecule has 21 heteroatoms. The Morgan fingerprint density at radius 2 is 1.68 bits per heavy atom. The summed E-state index contributed by atoms with van der Waals surface area (Å²) < 4.78 is 12.7. The minimum absolute atomic E-state index is 0. The van der Waals surface area contributed by atoms with Crippen LogP contribution in [0.3, 0.4) is 0 Å². The molecule has 2 aliphatic heterocycles. The molecule has 4 heterocycles. The Balaban J connectivity index is 0.00000544. The van der Waals surface area contributed by atoms with E-state index in [4.69, 9.17) is 19.3 Å². The second-order valence-corrected chi connectivity index (χ2v) is 14.5. The Hall–Kier alpha value is -7.32. The summed E-state index contributed by atoms with van der Waals surface area (Å²) in [7, 11) is 3.73. The third kappa shape index (κ3) is 6.32. The smallest absolute Gasteiger partial charge is 0.355 e. The number of halogens is 1. The zero-order valence-electron chi connectivity index (χ0n) is 32.0. The maximum Gasteiger partial charge on any atom is 0.355 e. The number of ether oxygens (including phenoxy) is 2. The Morgan fingerprint density at radius 3 is 2.33 bits per heavy atom. The van der Waals surface area contributed by atoms with Crippen molar-refractivity contribution in [1.29, 1.82) is 0 Å². The molecule has 1 aliphatic carbocycles. The van der Waals surface area contributed by atoms with Gasteiger partial charge in [0.1, 0.15) is 18.1 Å². The van der Waals surface area contributed by atoms with Crippen LogP contribution in [0.2, 0.25) is 0 Å². The van der Waals surface area contributed by atoms with Crippen molar-refractivity contribution in [2.75, 3.05) is 20.7 Å². The van der Waals surface area contributed by atoms with Gasteiger partial charge in [-0.2, -0.15) is 0 Å². The number of pyridine rings is 2. The molecular formula is C39H32ClN7O13. The molecule has 0 saturated carbocycles. The first-order valence-corrected chi connectivity index (χ1v) is 18.0. The van der Waals surface area contributed by atoms with E-state index in [1.54, 1.807) is 25.1 Å². The average Bonchev–Trinajstić information content (AvgIpc) is 3.71. The fourth-order valence-corrected chi connectivity index (χ4v) is 8.06. The summed E-state index contributed by atoms with van der Waals surface area (Å²) in [4.78, 5) is 86.7. The number of nitro groups is 3. The van der Waals surface area contributed by atoms with E-state index in [1.165, 1.54) is 17.6 Å². The van der Waals surface area contributed by atoms with Gasteiger partial charge in [0.15, 0.2) is 0 Å². The third-order valence-electron chi connectivity index (χ3n) is 10.6. The van der Waals surface area contributed by atoms with Gasteiger partial charge in [-0.25, -0.2) is 14.6 Å². The molecule has 3 aliphatic rings. The fourth-order valence-electron chi connectivity index (χ4n) is 8.06. The van der Waals surface area contributed by atoms with Crippen molar-refractivity contribution in [3.8, 4) is 28.3 Å². The van der Waals surface area contributed by atoms with Gasteiger partial charge in [0.2, 0.25) is 12.2 Å². The normalized spacial score (nSPS) is 16.3. The van der Waals surface area contributed by atoms with Crippen molar-refractivity contribution in [2.24, 2.45) is 5.16 Å². The van der Waals surface area contributed by atoms with Gasteiger partial charge in [-0.05, 0) is 57.3 Å². The topological polar surface area (TPSA) is 262 Å². The standard InChI is InChI=1S/C39H31N7O13.ClH/c1-5-39(27-13-30-35-19(14-43(30)37(49)26(27)16-57-38(39)50)9-22-25(15-42(3)4)31(47)7-6-28(22)40-35)59-32(48)17-58-41-36-23-10-20(44(51)52)8-18(2)33(23)34-24(36)11-21(45(53)54)12-29(34)46(55)56;/h6-13,47H,5,14-17H2,1-4H3;1H/b41-36-;/t39-;/m0./s1. The number of aromatic nitrogens is 2. The van der Waals surface area contributed by atoms with Crippen LogP contribution in [0.25, 0.3) is 33.4 Å². The number of benzene rings is 3. The second-order valence-electron chi connectivity index (χ2n) is 14.5. The molecule has 0 fully saturated rings. The van der Waals surface area contributed by atoms with Crippen LogP contribution in [-0.2, 0) is 49.2 Å². The van der Waals surface area contributed by atoms with E-state index in [-0.39, 0.29) is 75.8 Å². The number of phenols is 1. The number of aromatic hydroxyl groups is 1. The van der Waals surface area contributed by atoms with Crippen molar-refractivity contribution in [3.05, 3.63) is 128 Å². The van der Waals surface area contributed by atoms with Crippen molar-refractivity contribution in [2.45, 2.75) is 45.6 Å². The number of phenolic OH excluding ortho intramolecular Hbond substituents is 1. The van der Waals surface area contributed by atoms with Crippen LogP contribution in [0.4, 0.5) is 17.1 Å². The first-order valence-electron chi connectivity index (χ1n) is 18.0. The minimum Gasteiger partial charge on any atom is -0.508 e. The number of carbonyl (C=O) groups excluding carboxylic acids is 2. The maximum absolute atomic E-state index is 14.1. The van der Waals surface area contributed by atoms with E-state index >= 15 is 0 Å². The molecule has 0 unspecified atom stereocenters. The van der Waals surface area contributed by atoms with Gasteiger partial charge in [-0.15, -0.1) is 12.4 Å². The number of esters is 2. The number of cyclic esters (lactones) is 1. The van der Waals surface area contributed by atoms with Crippen LogP contribution >= 0.6 is 12.4 Å². The lowest BCUT2D eigenvalue weighted by atomic mass is 9.85. The first-order chi connectivity index (χ1) is 28.0. The van der Waals surface area contributed by atoms with Gasteiger partial charge in [0.25, 0.3) is 22.6 Å². The average molecular weight is 842 g/mol. The van der Waals surface area contributed by atoms with E-state index in [1.807, 2.05) is 25.1 Å². The molecule has 20 nitrogen and oxygen atoms in total.